The van der Waals surface area contributed by atoms with Gasteiger partial charge in [-0.2, -0.15) is 0 Å². The number of benzene rings is 2. The Bertz CT molecular complexity index is 631. The molecule has 0 N–H and O–H groups in total. The zero-order valence-electron chi connectivity index (χ0n) is 10.3. The highest BCUT2D eigenvalue weighted by atomic mass is 79.9. The maximum Gasteiger partial charge on any atom is 0.236 e. The van der Waals surface area contributed by atoms with Gasteiger partial charge in [-0.1, -0.05) is 21.9 Å². The first-order chi connectivity index (χ1) is 9.19. The molecule has 0 saturated heterocycles. The highest BCUT2D eigenvalue weighted by Crippen LogP contribution is 2.12. The minimum atomic E-state index is -0.191. The van der Waals surface area contributed by atoms with Gasteiger partial charge in [0, 0.05) is 15.6 Å². The average Bonchev–Trinajstić information content (AvgIpc) is 2.46. The Morgan fingerprint density at radius 3 is 2.26 bits per heavy atom. The second-order valence-electron chi connectivity index (χ2n) is 3.81. The van der Waals surface area contributed by atoms with Crippen LogP contribution in [-0.2, 0) is 0 Å². The molecule has 2 aromatic carbocycles. The lowest BCUT2D eigenvalue weighted by Crippen LogP contribution is -1.94. The highest BCUT2D eigenvalue weighted by Gasteiger charge is 2.00. The molecule has 0 heterocycles. The van der Waals surface area contributed by atoms with Crippen LogP contribution in [0.15, 0.2) is 53.0 Å². The van der Waals surface area contributed by atoms with E-state index in [1.807, 2.05) is 36.4 Å². The normalized spacial score (nSPS) is 9.37. The Morgan fingerprint density at radius 1 is 1.05 bits per heavy atom. The summed E-state index contributed by atoms with van der Waals surface area (Å²) in [4.78, 5) is 11.8. The van der Waals surface area contributed by atoms with Gasteiger partial charge in [-0.15, -0.1) is 0 Å². The molecular formula is C16H11BrO2. The van der Waals surface area contributed by atoms with Gasteiger partial charge >= 0.3 is 0 Å². The fourth-order valence-electron chi connectivity index (χ4n) is 1.48. The van der Waals surface area contributed by atoms with Crippen LogP contribution in [0.2, 0.25) is 0 Å². The molecule has 2 nitrogen and oxygen atoms in total. The number of carbonyl (C=O) groups is 1. The van der Waals surface area contributed by atoms with E-state index in [1.54, 1.807) is 19.2 Å². The number of methoxy groups -OCH3 is 1. The van der Waals surface area contributed by atoms with Crippen LogP contribution in [0.1, 0.15) is 15.9 Å². The Hall–Kier alpha value is -2.05. The Balaban J connectivity index is 2.14. The molecule has 0 spiro atoms. The molecule has 19 heavy (non-hydrogen) atoms. The molecule has 0 amide bonds. The average molecular weight is 315 g/mol. The van der Waals surface area contributed by atoms with Crippen molar-refractivity contribution in [1.82, 2.24) is 0 Å². The molecule has 0 aliphatic heterocycles. The third-order valence-corrected chi connectivity index (χ3v) is 3.05. The Kier molecular flexibility index (Phi) is 4.38. The zero-order valence-corrected chi connectivity index (χ0v) is 11.9. The molecule has 0 aliphatic carbocycles. The minimum Gasteiger partial charge on any atom is -0.497 e. The molecule has 0 radical (unpaired) electrons. The van der Waals surface area contributed by atoms with Crippen LogP contribution >= 0.6 is 15.9 Å². The van der Waals surface area contributed by atoms with E-state index in [0.29, 0.717) is 5.56 Å². The molecule has 94 valence electrons. The number of halogens is 1. The fourth-order valence-corrected chi connectivity index (χ4v) is 1.74. The minimum absolute atomic E-state index is 0.191. The molecule has 0 fully saturated rings. The third kappa shape index (κ3) is 3.70. The summed E-state index contributed by atoms with van der Waals surface area (Å²) in [5, 5.41) is 0. The van der Waals surface area contributed by atoms with Gasteiger partial charge in [-0.3, -0.25) is 4.79 Å². The molecule has 0 aliphatic rings. The van der Waals surface area contributed by atoms with Crippen molar-refractivity contribution in [3.05, 3.63) is 64.1 Å². The fraction of sp³-hybridized carbons (Fsp3) is 0.0625. The van der Waals surface area contributed by atoms with Crippen molar-refractivity contribution >= 4 is 21.7 Å². The van der Waals surface area contributed by atoms with Gasteiger partial charge in [0.25, 0.3) is 0 Å². The zero-order chi connectivity index (χ0) is 13.7. The summed E-state index contributed by atoms with van der Waals surface area (Å²) >= 11 is 3.32. The molecule has 0 saturated carbocycles. The third-order valence-electron chi connectivity index (χ3n) is 2.52. The standard InChI is InChI=1S/C16H11BrO2/c1-19-15-9-2-12(3-10-15)4-11-16(18)13-5-7-14(17)8-6-13/h2-3,5-10H,1H3. The van der Waals surface area contributed by atoms with Gasteiger partial charge in [-0.05, 0) is 54.5 Å². The molecule has 2 rings (SSSR count). The SMILES string of the molecule is COc1ccc(C#CC(=O)c2ccc(Br)cc2)cc1. The van der Waals surface area contributed by atoms with Crippen molar-refractivity contribution in [3.8, 4) is 17.6 Å². The van der Waals surface area contributed by atoms with Crippen LogP contribution in [-0.4, -0.2) is 12.9 Å². The predicted molar refractivity (Wildman–Crippen MR) is 78.3 cm³/mol. The van der Waals surface area contributed by atoms with Crippen molar-refractivity contribution in [2.24, 2.45) is 0 Å². The number of ether oxygens (including phenoxy) is 1. The summed E-state index contributed by atoms with van der Waals surface area (Å²) < 4.78 is 5.99. The van der Waals surface area contributed by atoms with E-state index in [9.17, 15) is 4.79 Å². The first-order valence-electron chi connectivity index (χ1n) is 5.65. The predicted octanol–water partition coefficient (Wildman–Crippen LogP) is 3.69. The van der Waals surface area contributed by atoms with Gasteiger partial charge < -0.3 is 4.74 Å². The molecule has 0 atom stereocenters. The summed E-state index contributed by atoms with van der Waals surface area (Å²) in [5.41, 5.74) is 1.37. The van der Waals surface area contributed by atoms with Gasteiger partial charge in [-0.25, -0.2) is 0 Å². The molecule has 0 aromatic heterocycles. The number of hydrogen-bond donors (Lipinski definition) is 0. The smallest absolute Gasteiger partial charge is 0.236 e. The molecule has 0 bridgehead atoms. The van der Waals surface area contributed by atoms with E-state index in [2.05, 4.69) is 27.8 Å². The van der Waals surface area contributed by atoms with Crippen LogP contribution in [0, 0.1) is 11.8 Å². The van der Waals surface area contributed by atoms with Crippen LogP contribution in [0.4, 0.5) is 0 Å². The number of carbonyl (C=O) groups excluding carboxylic acids is 1. The summed E-state index contributed by atoms with van der Waals surface area (Å²) in [6.07, 6.45) is 0. The first kappa shape index (κ1) is 13.4. The molecule has 0 unspecified atom stereocenters. The molecule has 2 aromatic rings. The lowest BCUT2D eigenvalue weighted by atomic mass is 10.1. The van der Waals surface area contributed by atoms with Crippen molar-refractivity contribution < 1.29 is 9.53 Å². The molecular weight excluding hydrogens is 304 g/mol. The van der Waals surface area contributed by atoms with Crippen LogP contribution in [0.5, 0.6) is 5.75 Å². The quantitative estimate of drug-likeness (QED) is 0.624. The lowest BCUT2D eigenvalue weighted by molar-refractivity contribution is 0.105. The monoisotopic (exact) mass is 314 g/mol. The Labute approximate surface area is 120 Å². The summed E-state index contributed by atoms with van der Waals surface area (Å²) in [7, 11) is 1.61. The number of rotatable bonds is 2. The topological polar surface area (TPSA) is 26.3 Å². The van der Waals surface area contributed by atoms with Gasteiger partial charge in [0.05, 0.1) is 7.11 Å². The molecule has 3 heteroatoms. The summed E-state index contributed by atoms with van der Waals surface area (Å²) in [6.45, 7) is 0. The second-order valence-corrected chi connectivity index (χ2v) is 4.73. The highest BCUT2D eigenvalue weighted by molar-refractivity contribution is 9.10. The van der Waals surface area contributed by atoms with E-state index < -0.39 is 0 Å². The van der Waals surface area contributed by atoms with Crippen LogP contribution < -0.4 is 4.74 Å². The van der Waals surface area contributed by atoms with Gasteiger partial charge in [0.2, 0.25) is 5.78 Å². The van der Waals surface area contributed by atoms with Gasteiger partial charge in [0.15, 0.2) is 0 Å². The second kappa shape index (κ2) is 6.21. The van der Waals surface area contributed by atoms with Crippen molar-refractivity contribution in [2.45, 2.75) is 0 Å². The van der Waals surface area contributed by atoms with Crippen LogP contribution in [0.25, 0.3) is 0 Å². The van der Waals surface area contributed by atoms with Crippen LogP contribution in [0.3, 0.4) is 0 Å². The maximum absolute atomic E-state index is 11.8. The number of ketones is 1. The summed E-state index contributed by atoms with van der Waals surface area (Å²) in [5.74, 6) is 6.05. The largest absolute Gasteiger partial charge is 0.497 e. The lowest BCUT2D eigenvalue weighted by Gasteiger charge is -1.97. The maximum atomic E-state index is 11.8. The Morgan fingerprint density at radius 2 is 1.68 bits per heavy atom. The van der Waals surface area contributed by atoms with E-state index in [1.165, 1.54) is 0 Å². The van der Waals surface area contributed by atoms with E-state index >= 15 is 0 Å². The van der Waals surface area contributed by atoms with Crippen molar-refractivity contribution in [1.29, 1.82) is 0 Å². The summed E-state index contributed by atoms with van der Waals surface area (Å²) in [6, 6.07) is 14.4. The van der Waals surface area contributed by atoms with E-state index in [-0.39, 0.29) is 5.78 Å². The van der Waals surface area contributed by atoms with E-state index in [4.69, 9.17) is 4.74 Å². The van der Waals surface area contributed by atoms with Gasteiger partial charge in [0.1, 0.15) is 5.75 Å². The first-order valence-corrected chi connectivity index (χ1v) is 6.44. The number of hydrogen-bond acceptors (Lipinski definition) is 2. The van der Waals surface area contributed by atoms with Crippen molar-refractivity contribution in [2.75, 3.05) is 7.11 Å². The van der Waals surface area contributed by atoms with E-state index in [0.717, 1.165) is 15.8 Å². The number of Topliss-reactive ketones (excluding diaryl/α,β-unsaturated/α-hetero) is 1. The van der Waals surface area contributed by atoms with Crippen molar-refractivity contribution in [3.63, 3.8) is 0 Å².